The standard InChI is InChI=1S/C15H24N2O3S/c1-13-6-4-5-7-14(13)12-21(18,19)17(3)11-15-10-16(2)8-9-20-15/h4-7,15H,8-12H2,1-3H3. The first-order valence-corrected chi connectivity index (χ1v) is 8.78. The van der Waals surface area contributed by atoms with Crippen molar-refractivity contribution in [1.29, 1.82) is 0 Å². The Bertz CT molecular complexity index is 574. The van der Waals surface area contributed by atoms with Gasteiger partial charge in [-0.15, -0.1) is 0 Å². The van der Waals surface area contributed by atoms with E-state index in [2.05, 4.69) is 4.90 Å². The van der Waals surface area contributed by atoms with E-state index in [0.29, 0.717) is 13.2 Å². The second kappa shape index (κ2) is 6.87. The monoisotopic (exact) mass is 312 g/mol. The smallest absolute Gasteiger partial charge is 0.218 e. The minimum absolute atomic E-state index is 0.0404. The summed E-state index contributed by atoms with van der Waals surface area (Å²) in [5, 5.41) is 0. The minimum Gasteiger partial charge on any atom is -0.374 e. The summed E-state index contributed by atoms with van der Waals surface area (Å²) in [6.45, 7) is 4.66. The zero-order chi connectivity index (χ0) is 15.5. The molecular formula is C15H24N2O3S. The van der Waals surface area contributed by atoms with Gasteiger partial charge < -0.3 is 9.64 Å². The number of benzene rings is 1. The van der Waals surface area contributed by atoms with E-state index in [-0.39, 0.29) is 11.9 Å². The van der Waals surface area contributed by atoms with Gasteiger partial charge in [-0.05, 0) is 25.1 Å². The Morgan fingerprint density at radius 2 is 2.10 bits per heavy atom. The van der Waals surface area contributed by atoms with E-state index < -0.39 is 10.0 Å². The number of rotatable bonds is 5. The molecule has 1 heterocycles. The lowest BCUT2D eigenvalue weighted by Gasteiger charge is -2.32. The molecule has 6 heteroatoms. The van der Waals surface area contributed by atoms with E-state index in [9.17, 15) is 8.42 Å². The third-order valence-electron chi connectivity index (χ3n) is 3.88. The van der Waals surface area contributed by atoms with Gasteiger partial charge in [0.05, 0.1) is 18.5 Å². The van der Waals surface area contributed by atoms with Crippen molar-refractivity contribution in [3.05, 3.63) is 35.4 Å². The Kier molecular flexibility index (Phi) is 5.37. The third kappa shape index (κ3) is 4.51. The molecule has 0 aromatic heterocycles. The Balaban J connectivity index is 2.00. The van der Waals surface area contributed by atoms with Crippen LogP contribution < -0.4 is 0 Å². The molecule has 0 amide bonds. The van der Waals surface area contributed by atoms with Crippen LogP contribution in [0.25, 0.3) is 0 Å². The van der Waals surface area contributed by atoms with Gasteiger partial charge in [0, 0.05) is 26.7 Å². The maximum atomic E-state index is 12.5. The number of aryl methyl sites for hydroxylation is 1. The Morgan fingerprint density at radius 1 is 1.38 bits per heavy atom. The first kappa shape index (κ1) is 16.4. The molecular weight excluding hydrogens is 288 g/mol. The van der Waals surface area contributed by atoms with Crippen LogP contribution in [0.3, 0.4) is 0 Å². The second-order valence-corrected chi connectivity index (χ2v) is 7.79. The molecule has 0 radical (unpaired) electrons. The minimum atomic E-state index is -3.32. The van der Waals surface area contributed by atoms with E-state index in [0.717, 1.165) is 24.2 Å². The topological polar surface area (TPSA) is 49.9 Å². The molecule has 1 saturated heterocycles. The number of morpholine rings is 1. The molecule has 118 valence electrons. The molecule has 21 heavy (non-hydrogen) atoms. The molecule has 1 aromatic carbocycles. The van der Waals surface area contributed by atoms with Crippen LogP contribution in [-0.2, 0) is 20.5 Å². The zero-order valence-corrected chi connectivity index (χ0v) is 13.8. The summed E-state index contributed by atoms with van der Waals surface area (Å²) >= 11 is 0. The molecule has 2 rings (SSSR count). The maximum Gasteiger partial charge on any atom is 0.218 e. The summed E-state index contributed by atoms with van der Waals surface area (Å²) < 4.78 is 32.0. The number of hydrogen-bond acceptors (Lipinski definition) is 4. The average Bonchev–Trinajstić information content (AvgIpc) is 2.41. The van der Waals surface area contributed by atoms with E-state index in [4.69, 9.17) is 4.74 Å². The van der Waals surface area contributed by atoms with Gasteiger partial charge in [-0.2, -0.15) is 0 Å². The van der Waals surface area contributed by atoms with Gasteiger partial charge in [0.2, 0.25) is 10.0 Å². The number of sulfonamides is 1. The Hall–Kier alpha value is -0.950. The summed E-state index contributed by atoms with van der Waals surface area (Å²) in [4.78, 5) is 2.16. The van der Waals surface area contributed by atoms with Gasteiger partial charge in [-0.1, -0.05) is 24.3 Å². The highest BCUT2D eigenvalue weighted by Crippen LogP contribution is 2.15. The molecule has 1 aliphatic rings. The number of nitrogens with zero attached hydrogens (tertiary/aromatic N) is 2. The highest BCUT2D eigenvalue weighted by molar-refractivity contribution is 7.88. The number of hydrogen-bond donors (Lipinski definition) is 0. The van der Waals surface area contributed by atoms with Crippen molar-refractivity contribution in [2.75, 3.05) is 40.3 Å². The predicted molar refractivity (Wildman–Crippen MR) is 83.7 cm³/mol. The normalized spacial score (nSPS) is 20.9. The van der Waals surface area contributed by atoms with Gasteiger partial charge in [0.15, 0.2) is 0 Å². The van der Waals surface area contributed by atoms with Crippen LogP contribution in [0.5, 0.6) is 0 Å². The molecule has 0 bridgehead atoms. The first-order chi connectivity index (χ1) is 9.88. The largest absolute Gasteiger partial charge is 0.374 e. The fraction of sp³-hybridized carbons (Fsp3) is 0.600. The van der Waals surface area contributed by atoms with Crippen molar-refractivity contribution in [3.8, 4) is 0 Å². The van der Waals surface area contributed by atoms with Crippen LogP contribution in [0.2, 0.25) is 0 Å². The van der Waals surface area contributed by atoms with Gasteiger partial charge in [0.1, 0.15) is 0 Å². The molecule has 0 spiro atoms. The molecule has 0 N–H and O–H groups in total. The van der Waals surface area contributed by atoms with Gasteiger partial charge >= 0.3 is 0 Å². The summed E-state index contributed by atoms with van der Waals surface area (Å²) in [5.41, 5.74) is 1.86. The van der Waals surface area contributed by atoms with Crippen molar-refractivity contribution in [1.82, 2.24) is 9.21 Å². The van der Waals surface area contributed by atoms with Gasteiger partial charge in [0.25, 0.3) is 0 Å². The predicted octanol–water partition coefficient (Wildman–Crippen LogP) is 1.09. The lowest BCUT2D eigenvalue weighted by Crippen LogP contribution is -2.46. The van der Waals surface area contributed by atoms with Crippen LogP contribution in [-0.4, -0.2) is 64.1 Å². The van der Waals surface area contributed by atoms with Crippen molar-refractivity contribution in [2.45, 2.75) is 18.8 Å². The van der Waals surface area contributed by atoms with Crippen molar-refractivity contribution in [3.63, 3.8) is 0 Å². The lowest BCUT2D eigenvalue weighted by atomic mass is 10.1. The molecule has 1 fully saturated rings. The Labute approximate surface area is 127 Å². The lowest BCUT2D eigenvalue weighted by molar-refractivity contribution is -0.0247. The molecule has 0 aliphatic carbocycles. The van der Waals surface area contributed by atoms with Gasteiger partial charge in [-0.25, -0.2) is 12.7 Å². The molecule has 1 aromatic rings. The fourth-order valence-corrected chi connectivity index (χ4v) is 3.79. The SMILES string of the molecule is Cc1ccccc1CS(=O)(=O)N(C)CC1CN(C)CCO1. The maximum absolute atomic E-state index is 12.5. The number of likely N-dealkylation sites (N-methyl/N-ethyl adjacent to an activating group) is 2. The second-order valence-electron chi connectivity index (χ2n) is 5.72. The van der Waals surface area contributed by atoms with E-state index in [1.807, 2.05) is 38.2 Å². The zero-order valence-electron chi connectivity index (χ0n) is 12.9. The molecule has 1 unspecified atom stereocenters. The van der Waals surface area contributed by atoms with Crippen molar-refractivity contribution >= 4 is 10.0 Å². The van der Waals surface area contributed by atoms with Crippen molar-refractivity contribution in [2.24, 2.45) is 0 Å². The Morgan fingerprint density at radius 3 is 2.76 bits per heavy atom. The highest BCUT2D eigenvalue weighted by Gasteiger charge is 2.25. The van der Waals surface area contributed by atoms with Crippen LogP contribution in [0.4, 0.5) is 0 Å². The summed E-state index contributed by atoms with van der Waals surface area (Å²) in [5.74, 6) is 0.0404. The quantitative estimate of drug-likeness (QED) is 0.816. The summed E-state index contributed by atoms with van der Waals surface area (Å²) in [7, 11) is 0.338. The average molecular weight is 312 g/mol. The molecule has 1 atom stereocenters. The van der Waals surface area contributed by atoms with E-state index in [1.165, 1.54) is 4.31 Å². The molecule has 0 saturated carbocycles. The molecule has 1 aliphatic heterocycles. The van der Waals surface area contributed by atoms with E-state index in [1.54, 1.807) is 7.05 Å². The van der Waals surface area contributed by atoms with E-state index >= 15 is 0 Å². The third-order valence-corrected chi connectivity index (χ3v) is 5.65. The van der Waals surface area contributed by atoms with Crippen molar-refractivity contribution < 1.29 is 13.2 Å². The summed E-state index contributed by atoms with van der Waals surface area (Å²) in [6, 6.07) is 7.59. The number of ether oxygens (including phenoxy) is 1. The molecule has 5 nitrogen and oxygen atoms in total. The van der Waals surface area contributed by atoms with Crippen LogP contribution in [0.15, 0.2) is 24.3 Å². The fourth-order valence-electron chi connectivity index (χ4n) is 2.46. The van der Waals surface area contributed by atoms with Crippen LogP contribution >= 0.6 is 0 Å². The van der Waals surface area contributed by atoms with Crippen LogP contribution in [0.1, 0.15) is 11.1 Å². The van der Waals surface area contributed by atoms with Crippen LogP contribution in [0, 0.1) is 6.92 Å². The highest BCUT2D eigenvalue weighted by atomic mass is 32.2. The first-order valence-electron chi connectivity index (χ1n) is 7.17. The summed E-state index contributed by atoms with van der Waals surface area (Å²) in [6.07, 6.45) is -0.0552. The van der Waals surface area contributed by atoms with Gasteiger partial charge in [-0.3, -0.25) is 0 Å².